The fraction of sp³-hybridized carbons (Fsp3) is 0.944. The van der Waals surface area contributed by atoms with Crippen molar-refractivity contribution < 1.29 is 9.53 Å². The highest BCUT2D eigenvalue weighted by atomic mass is 16.5. The van der Waals surface area contributed by atoms with Crippen molar-refractivity contribution in [2.45, 2.75) is 96.3 Å². The van der Waals surface area contributed by atoms with Crippen LogP contribution in [0.15, 0.2) is 0 Å². The van der Waals surface area contributed by atoms with Crippen LogP contribution >= 0.6 is 0 Å². The summed E-state index contributed by atoms with van der Waals surface area (Å²) in [5.41, 5.74) is 0. The molecular formula is C18H34O2. The number of hydrogen-bond donors (Lipinski definition) is 0. The standard InChI is InChI=1S/C18H34O2/c1-20-18(19)17-15-13-11-9-7-5-3-2-4-6-8-10-12-14-16-17/h17H,2-16H2,1H3. The number of esters is 1. The van der Waals surface area contributed by atoms with Crippen molar-refractivity contribution in [3.63, 3.8) is 0 Å². The van der Waals surface area contributed by atoms with Crippen LogP contribution < -0.4 is 0 Å². The van der Waals surface area contributed by atoms with Gasteiger partial charge in [-0.3, -0.25) is 4.79 Å². The molecule has 0 aromatic rings. The third-order valence-electron chi connectivity index (χ3n) is 4.64. The van der Waals surface area contributed by atoms with Gasteiger partial charge in [0.1, 0.15) is 0 Å². The average molecular weight is 282 g/mol. The van der Waals surface area contributed by atoms with Crippen LogP contribution in [0.5, 0.6) is 0 Å². The lowest BCUT2D eigenvalue weighted by atomic mass is 9.93. The van der Waals surface area contributed by atoms with Crippen LogP contribution in [0.2, 0.25) is 0 Å². The van der Waals surface area contributed by atoms with E-state index in [-0.39, 0.29) is 11.9 Å². The molecule has 1 aliphatic carbocycles. The first-order valence-corrected chi connectivity index (χ1v) is 8.92. The van der Waals surface area contributed by atoms with Crippen LogP contribution in [-0.4, -0.2) is 13.1 Å². The van der Waals surface area contributed by atoms with Gasteiger partial charge < -0.3 is 4.74 Å². The molecule has 1 saturated carbocycles. The van der Waals surface area contributed by atoms with E-state index in [4.69, 9.17) is 4.74 Å². The van der Waals surface area contributed by atoms with Crippen molar-refractivity contribution >= 4 is 5.97 Å². The summed E-state index contributed by atoms with van der Waals surface area (Å²) in [6.07, 6.45) is 19.5. The quantitative estimate of drug-likeness (QED) is 0.582. The fourth-order valence-corrected chi connectivity index (χ4v) is 3.27. The summed E-state index contributed by atoms with van der Waals surface area (Å²) in [6, 6.07) is 0. The average Bonchev–Trinajstić information content (AvgIpc) is 2.46. The van der Waals surface area contributed by atoms with Crippen LogP contribution in [0.1, 0.15) is 96.3 Å². The number of rotatable bonds is 1. The lowest BCUT2D eigenvalue weighted by Crippen LogP contribution is -2.16. The molecule has 0 radical (unpaired) electrons. The summed E-state index contributed by atoms with van der Waals surface area (Å²) < 4.78 is 4.96. The molecule has 0 spiro atoms. The van der Waals surface area contributed by atoms with E-state index in [0.29, 0.717) is 0 Å². The van der Waals surface area contributed by atoms with Gasteiger partial charge in [-0.05, 0) is 12.8 Å². The van der Waals surface area contributed by atoms with Crippen LogP contribution in [0, 0.1) is 5.92 Å². The molecule has 0 unspecified atom stereocenters. The minimum Gasteiger partial charge on any atom is -0.469 e. The van der Waals surface area contributed by atoms with E-state index in [1.165, 1.54) is 90.6 Å². The van der Waals surface area contributed by atoms with Crippen LogP contribution in [0.25, 0.3) is 0 Å². The number of carbonyl (C=O) groups excluding carboxylic acids is 1. The fourth-order valence-electron chi connectivity index (χ4n) is 3.27. The van der Waals surface area contributed by atoms with Gasteiger partial charge >= 0.3 is 5.97 Å². The van der Waals surface area contributed by atoms with Gasteiger partial charge in [0.2, 0.25) is 0 Å². The number of hydrogen-bond acceptors (Lipinski definition) is 2. The molecule has 0 aromatic heterocycles. The first-order chi connectivity index (χ1) is 9.84. The van der Waals surface area contributed by atoms with Gasteiger partial charge in [0.05, 0.1) is 13.0 Å². The third-order valence-corrected chi connectivity index (χ3v) is 4.64. The number of ether oxygens (including phenoxy) is 1. The molecule has 0 N–H and O–H groups in total. The van der Waals surface area contributed by atoms with E-state index in [9.17, 15) is 4.79 Å². The summed E-state index contributed by atoms with van der Waals surface area (Å²) in [4.78, 5) is 11.8. The molecule has 0 aliphatic heterocycles. The molecule has 20 heavy (non-hydrogen) atoms. The second-order valence-corrected chi connectivity index (χ2v) is 6.39. The Morgan fingerprint density at radius 2 is 0.950 bits per heavy atom. The molecule has 0 atom stereocenters. The number of carbonyl (C=O) groups is 1. The molecule has 0 aromatic carbocycles. The molecular weight excluding hydrogens is 248 g/mol. The maximum absolute atomic E-state index is 11.8. The van der Waals surface area contributed by atoms with Crippen molar-refractivity contribution in [2.75, 3.05) is 7.11 Å². The van der Waals surface area contributed by atoms with E-state index in [1.807, 2.05) is 0 Å². The molecule has 2 nitrogen and oxygen atoms in total. The predicted octanol–water partition coefficient (Wildman–Crippen LogP) is 5.64. The summed E-state index contributed by atoms with van der Waals surface area (Å²) in [7, 11) is 1.53. The monoisotopic (exact) mass is 282 g/mol. The Morgan fingerprint density at radius 3 is 1.25 bits per heavy atom. The normalized spacial score (nSPS) is 22.2. The Balaban J connectivity index is 2.29. The molecule has 1 aliphatic rings. The predicted molar refractivity (Wildman–Crippen MR) is 84.8 cm³/mol. The Labute approximate surface area is 125 Å². The summed E-state index contributed by atoms with van der Waals surface area (Å²) in [5, 5.41) is 0. The van der Waals surface area contributed by atoms with Crippen molar-refractivity contribution in [3.05, 3.63) is 0 Å². The van der Waals surface area contributed by atoms with E-state index in [0.717, 1.165) is 12.8 Å². The van der Waals surface area contributed by atoms with Crippen LogP contribution in [-0.2, 0) is 9.53 Å². The first-order valence-electron chi connectivity index (χ1n) is 8.92. The summed E-state index contributed by atoms with van der Waals surface area (Å²) in [6.45, 7) is 0. The zero-order valence-corrected chi connectivity index (χ0v) is 13.5. The molecule has 118 valence electrons. The van der Waals surface area contributed by atoms with Gasteiger partial charge in [-0.25, -0.2) is 0 Å². The Hall–Kier alpha value is -0.530. The topological polar surface area (TPSA) is 26.3 Å². The van der Waals surface area contributed by atoms with E-state index >= 15 is 0 Å². The Bertz CT molecular complexity index is 222. The molecule has 0 amide bonds. The smallest absolute Gasteiger partial charge is 0.308 e. The van der Waals surface area contributed by atoms with Gasteiger partial charge in [0, 0.05) is 0 Å². The van der Waals surface area contributed by atoms with Gasteiger partial charge in [0.25, 0.3) is 0 Å². The SMILES string of the molecule is COC(=O)C1CCCCCCCCCCCCCCC1. The molecule has 0 bridgehead atoms. The maximum atomic E-state index is 11.8. The van der Waals surface area contributed by atoms with Gasteiger partial charge in [-0.15, -0.1) is 0 Å². The maximum Gasteiger partial charge on any atom is 0.308 e. The van der Waals surface area contributed by atoms with Gasteiger partial charge in [-0.2, -0.15) is 0 Å². The van der Waals surface area contributed by atoms with Crippen molar-refractivity contribution in [2.24, 2.45) is 5.92 Å². The van der Waals surface area contributed by atoms with Gasteiger partial charge in [-0.1, -0.05) is 83.5 Å². The second kappa shape index (κ2) is 12.2. The van der Waals surface area contributed by atoms with Crippen LogP contribution in [0.4, 0.5) is 0 Å². The third kappa shape index (κ3) is 8.60. The van der Waals surface area contributed by atoms with Crippen molar-refractivity contribution in [3.8, 4) is 0 Å². The zero-order chi connectivity index (χ0) is 14.5. The minimum absolute atomic E-state index is 0.0196. The summed E-state index contributed by atoms with van der Waals surface area (Å²) >= 11 is 0. The first kappa shape index (κ1) is 17.5. The largest absolute Gasteiger partial charge is 0.469 e. The van der Waals surface area contributed by atoms with Gasteiger partial charge in [0.15, 0.2) is 0 Å². The highest BCUT2D eigenvalue weighted by Crippen LogP contribution is 2.21. The molecule has 0 heterocycles. The minimum atomic E-state index is 0.0196. The number of methoxy groups -OCH3 is 1. The molecule has 1 fully saturated rings. The van der Waals surface area contributed by atoms with Crippen LogP contribution in [0.3, 0.4) is 0 Å². The highest BCUT2D eigenvalue weighted by molar-refractivity contribution is 5.72. The molecule has 1 rings (SSSR count). The van der Waals surface area contributed by atoms with E-state index in [1.54, 1.807) is 0 Å². The second-order valence-electron chi connectivity index (χ2n) is 6.39. The summed E-state index contributed by atoms with van der Waals surface area (Å²) in [5.74, 6) is 0.180. The highest BCUT2D eigenvalue weighted by Gasteiger charge is 2.18. The van der Waals surface area contributed by atoms with E-state index < -0.39 is 0 Å². The zero-order valence-electron chi connectivity index (χ0n) is 13.5. The lowest BCUT2D eigenvalue weighted by Gasteiger charge is -2.14. The Morgan fingerprint density at radius 1 is 0.650 bits per heavy atom. The lowest BCUT2D eigenvalue weighted by molar-refractivity contribution is -0.146. The molecule has 2 heteroatoms. The van der Waals surface area contributed by atoms with E-state index in [2.05, 4.69) is 0 Å². The molecule has 0 saturated heterocycles. The van der Waals surface area contributed by atoms with Crippen molar-refractivity contribution in [1.29, 1.82) is 0 Å². The Kier molecular flexibility index (Phi) is 10.7. The van der Waals surface area contributed by atoms with Crippen molar-refractivity contribution in [1.82, 2.24) is 0 Å².